The molecular formula is C24H19ClFN3O4. The second-order valence-corrected chi connectivity index (χ2v) is 7.77. The van der Waals surface area contributed by atoms with Crippen LogP contribution in [-0.2, 0) is 13.0 Å². The molecule has 1 amide bonds. The van der Waals surface area contributed by atoms with E-state index in [9.17, 15) is 19.1 Å². The lowest BCUT2D eigenvalue weighted by molar-refractivity contribution is 0.0951. The van der Waals surface area contributed by atoms with Crippen molar-refractivity contribution in [3.63, 3.8) is 0 Å². The molecule has 9 heteroatoms. The number of aromatic nitrogens is 2. The van der Waals surface area contributed by atoms with Crippen molar-refractivity contribution in [2.75, 3.05) is 7.11 Å². The fourth-order valence-corrected chi connectivity index (χ4v) is 3.60. The summed E-state index contributed by atoms with van der Waals surface area (Å²) in [7, 11) is 1.52. The number of benzene rings is 2. The van der Waals surface area contributed by atoms with Crippen molar-refractivity contribution in [1.29, 1.82) is 0 Å². The minimum absolute atomic E-state index is 0.0397. The number of methoxy groups -OCH3 is 1. The largest absolute Gasteiger partial charge is 0.507 e. The molecule has 0 bridgehead atoms. The Bertz CT molecular complexity index is 1400. The smallest absolute Gasteiger partial charge is 0.255 e. The van der Waals surface area contributed by atoms with Crippen molar-refractivity contribution >= 4 is 28.4 Å². The molecule has 168 valence electrons. The molecule has 0 spiro atoms. The summed E-state index contributed by atoms with van der Waals surface area (Å²) in [6.45, 7) is 0.252. The van der Waals surface area contributed by atoms with Crippen molar-refractivity contribution in [2.45, 2.75) is 13.0 Å². The number of halogens is 2. The maximum absolute atomic E-state index is 13.4. The van der Waals surface area contributed by atoms with Gasteiger partial charge in [-0.3, -0.25) is 9.59 Å². The third-order valence-electron chi connectivity index (χ3n) is 5.17. The van der Waals surface area contributed by atoms with E-state index < -0.39 is 11.4 Å². The summed E-state index contributed by atoms with van der Waals surface area (Å²) in [6, 6.07) is 12.2. The van der Waals surface area contributed by atoms with Gasteiger partial charge in [0.05, 0.1) is 23.2 Å². The van der Waals surface area contributed by atoms with Crippen molar-refractivity contribution in [1.82, 2.24) is 15.3 Å². The van der Waals surface area contributed by atoms with Crippen molar-refractivity contribution in [3.8, 4) is 11.6 Å². The number of aromatic amines is 1. The lowest BCUT2D eigenvalue weighted by Crippen LogP contribution is -2.23. The highest BCUT2D eigenvalue weighted by Gasteiger charge is 2.15. The molecule has 0 saturated carbocycles. The van der Waals surface area contributed by atoms with Crippen LogP contribution in [0.2, 0.25) is 5.02 Å². The average molecular weight is 468 g/mol. The Hall–Kier alpha value is -3.91. The van der Waals surface area contributed by atoms with Gasteiger partial charge in [-0.25, -0.2) is 9.37 Å². The van der Waals surface area contributed by atoms with Crippen LogP contribution in [-0.4, -0.2) is 28.1 Å². The fraction of sp³-hybridized carbons (Fsp3) is 0.125. The molecular weight excluding hydrogens is 449 g/mol. The first-order chi connectivity index (χ1) is 15.9. The number of carbonyl (C=O) groups excluding carboxylic acids is 1. The zero-order chi connectivity index (χ0) is 23.5. The molecule has 0 aliphatic heterocycles. The molecule has 0 fully saturated rings. The van der Waals surface area contributed by atoms with E-state index in [1.54, 1.807) is 30.5 Å². The predicted octanol–water partition coefficient (Wildman–Crippen LogP) is 3.95. The molecule has 4 rings (SSSR count). The first-order valence-electron chi connectivity index (χ1n) is 9.94. The number of nitrogens with one attached hydrogen (secondary N) is 2. The maximum atomic E-state index is 13.4. The number of nitrogens with zero attached hydrogens (tertiary/aromatic N) is 1. The highest BCUT2D eigenvalue weighted by atomic mass is 35.5. The summed E-state index contributed by atoms with van der Waals surface area (Å²) >= 11 is 5.82. The number of fused-ring (bicyclic) bond motifs is 1. The second-order valence-electron chi connectivity index (χ2n) is 7.36. The summed E-state index contributed by atoms with van der Waals surface area (Å²) in [5, 5.41) is 13.8. The number of rotatable bonds is 6. The lowest BCUT2D eigenvalue weighted by atomic mass is 10.0. The molecule has 2 aromatic heterocycles. The minimum Gasteiger partial charge on any atom is -0.507 e. The van der Waals surface area contributed by atoms with Gasteiger partial charge in [-0.2, -0.15) is 0 Å². The van der Waals surface area contributed by atoms with Crippen LogP contribution in [0.15, 0.2) is 59.5 Å². The van der Waals surface area contributed by atoms with Crippen LogP contribution >= 0.6 is 11.6 Å². The lowest BCUT2D eigenvalue weighted by Gasteiger charge is -2.10. The molecule has 7 nitrogen and oxygen atoms in total. The summed E-state index contributed by atoms with van der Waals surface area (Å²) < 4.78 is 18.4. The Morgan fingerprint density at radius 3 is 2.67 bits per heavy atom. The van der Waals surface area contributed by atoms with Gasteiger partial charge in [-0.05, 0) is 41.5 Å². The number of H-pyrrole nitrogens is 1. The van der Waals surface area contributed by atoms with Gasteiger partial charge < -0.3 is 20.1 Å². The quantitative estimate of drug-likeness (QED) is 0.398. The van der Waals surface area contributed by atoms with Gasteiger partial charge in [-0.1, -0.05) is 23.7 Å². The summed E-state index contributed by atoms with van der Waals surface area (Å²) in [4.78, 5) is 32.0. The zero-order valence-corrected chi connectivity index (χ0v) is 18.2. The number of amides is 1. The van der Waals surface area contributed by atoms with Crippen LogP contribution in [0.3, 0.4) is 0 Å². The topological polar surface area (TPSA) is 104 Å². The van der Waals surface area contributed by atoms with Gasteiger partial charge >= 0.3 is 0 Å². The number of pyridine rings is 2. The highest BCUT2D eigenvalue weighted by molar-refractivity contribution is 6.30. The molecule has 3 N–H and O–H groups in total. The van der Waals surface area contributed by atoms with E-state index in [1.807, 2.05) is 0 Å². The van der Waals surface area contributed by atoms with E-state index in [1.165, 1.54) is 31.4 Å². The zero-order valence-electron chi connectivity index (χ0n) is 17.5. The second kappa shape index (κ2) is 9.30. The molecule has 2 heterocycles. The van der Waals surface area contributed by atoms with Crippen molar-refractivity contribution in [2.24, 2.45) is 0 Å². The van der Waals surface area contributed by atoms with Gasteiger partial charge in [0.2, 0.25) is 5.88 Å². The molecule has 2 aromatic carbocycles. The summed E-state index contributed by atoms with van der Waals surface area (Å²) in [6.07, 6.45) is 1.64. The van der Waals surface area contributed by atoms with E-state index >= 15 is 0 Å². The third-order valence-corrected chi connectivity index (χ3v) is 5.46. The number of hydrogen-bond acceptors (Lipinski definition) is 5. The van der Waals surface area contributed by atoms with E-state index in [4.69, 9.17) is 16.3 Å². The Morgan fingerprint density at radius 2 is 1.97 bits per heavy atom. The fourth-order valence-electron chi connectivity index (χ4n) is 3.40. The van der Waals surface area contributed by atoms with Gasteiger partial charge in [0, 0.05) is 36.2 Å². The van der Waals surface area contributed by atoms with Gasteiger partial charge in [0.15, 0.2) is 0 Å². The number of aromatic hydroxyl groups is 1. The van der Waals surface area contributed by atoms with Gasteiger partial charge in [-0.15, -0.1) is 0 Å². The Kier molecular flexibility index (Phi) is 6.28. The minimum atomic E-state index is -0.571. The Labute approximate surface area is 192 Å². The van der Waals surface area contributed by atoms with E-state index in [0.29, 0.717) is 27.9 Å². The first kappa shape index (κ1) is 22.3. The monoisotopic (exact) mass is 467 g/mol. The maximum Gasteiger partial charge on any atom is 0.255 e. The summed E-state index contributed by atoms with van der Waals surface area (Å²) in [5.41, 5.74) is 1.65. The van der Waals surface area contributed by atoms with E-state index in [2.05, 4.69) is 15.3 Å². The third kappa shape index (κ3) is 4.80. The normalized spacial score (nSPS) is 10.9. The van der Waals surface area contributed by atoms with Crippen LogP contribution in [0.25, 0.3) is 10.9 Å². The highest BCUT2D eigenvalue weighted by Crippen LogP contribution is 2.28. The Morgan fingerprint density at radius 1 is 1.18 bits per heavy atom. The average Bonchev–Trinajstić information content (AvgIpc) is 2.82. The SMILES string of the molecule is COc1ccc(CNC(=O)c2ccc3[nH]c(=O)c(Cc4ccc(F)c(Cl)c4)c(O)c3c2)cn1. The van der Waals surface area contributed by atoms with Crippen LogP contribution in [0.4, 0.5) is 4.39 Å². The molecule has 0 unspecified atom stereocenters. The van der Waals surface area contributed by atoms with Crippen LogP contribution in [0.5, 0.6) is 11.6 Å². The number of ether oxygens (including phenoxy) is 1. The molecule has 4 aromatic rings. The van der Waals surface area contributed by atoms with Crippen molar-refractivity contribution < 1.29 is 19.0 Å². The first-order valence-corrected chi connectivity index (χ1v) is 10.3. The van der Waals surface area contributed by atoms with Crippen LogP contribution in [0, 0.1) is 5.82 Å². The number of carbonyl (C=O) groups is 1. The van der Waals surface area contributed by atoms with Crippen LogP contribution in [0.1, 0.15) is 27.0 Å². The molecule has 0 saturated heterocycles. The van der Waals surface area contributed by atoms with Crippen LogP contribution < -0.4 is 15.6 Å². The molecule has 0 aliphatic carbocycles. The predicted molar refractivity (Wildman–Crippen MR) is 122 cm³/mol. The van der Waals surface area contributed by atoms with Gasteiger partial charge in [0.25, 0.3) is 11.5 Å². The molecule has 33 heavy (non-hydrogen) atoms. The summed E-state index contributed by atoms with van der Waals surface area (Å²) in [5.74, 6) is -0.700. The van der Waals surface area contributed by atoms with E-state index in [0.717, 1.165) is 5.56 Å². The standard InChI is InChI=1S/C24H19ClFN3O4/c1-33-21-7-3-14(11-27-21)12-28-23(31)15-4-6-20-16(10-15)22(30)17(24(32)29-20)8-13-2-5-19(26)18(25)9-13/h2-7,9-11H,8,12H2,1H3,(H,28,31)(H2,29,30,32). The molecule has 0 atom stereocenters. The molecule has 0 radical (unpaired) electrons. The molecule has 0 aliphatic rings. The van der Waals surface area contributed by atoms with Crippen molar-refractivity contribution in [3.05, 3.63) is 98.2 Å². The van der Waals surface area contributed by atoms with Gasteiger partial charge in [0.1, 0.15) is 11.6 Å². The van der Waals surface area contributed by atoms with E-state index in [-0.39, 0.29) is 35.2 Å². The number of hydrogen-bond donors (Lipinski definition) is 3. The Balaban J connectivity index is 1.59.